The summed E-state index contributed by atoms with van der Waals surface area (Å²) in [6.07, 6.45) is 4.99. The third-order valence-electron chi connectivity index (χ3n) is 4.40. The van der Waals surface area contributed by atoms with Gasteiger partial charge in [-0.05, 0) is 12.1 Å². The van der Waals surface area contributed by atoms with E-state index in [9.17, 15) is 4.79 Å². The first-order valence-electron chi connectivity index (χ1n) is 8.34. The second kappa shape index (κ2) is 6.87. The van der Waals surface area contributed by atoms with Gasteiger partial charge >= 0.3 is 6.03 Å². The fourth-order valence-corrected chi connectivity index (χ4v) is 2.98. The summed E-state index contributed by atoms with van der Waals surface area (Å²) in [6, 6.07) is 7.41. The number of rotatable bonds is 3. The van der Waals surface area contributed by atoms with E-state index >= 15 is 0 Å². The van der Waals surface area contributed by atoms with Crippen molar-refractivity contribution >= 4 is 23.1 Å². The Morgan fingerprint density at radius 2 is 2.04 bits per heavy atom. The van der Waals surface area contributed by atoms with E-state index in [1.807, 2.05) is 24.4 Å². The van der Waals surface area contributed by atoms with Crippen LogP contribution in [0.4, 0.5) is 16.3 Å². The average molecular weight is 353 g/mol. The number of pyridine rings is 1. The minimum atomic E-state index is -0.122. The van der Waals surface area contributed by atoms with E-state index in [2.05, 4.69) is 25.3 Å². The van der Waals surface area contributed by atoms with Gasteiger partial charge in [0.1, 0.15) is 12.1 Å². The summed E-state index contributed by atoms with van der Waals surface area (Å²) in [6.45, 7) is 2.61. The fraction of sp³-hybridized carbons (Fsp3) is 0.294. The molecular formula is C17H19N7O2. The van der Waals surface area contributed by atoms with E-state index in [1.54, 1.807) is 28.8 Å². The molecular weight excluding hydrogens is 334 g/mol. The van der Waals surface area contributed by atoms with Crippen LogP contribution in [-0.4, -0.2) is 63.8 Å². The molecule has 9 heteroatoms. The summed E-state index contributed by atoms with van der Waals surface area (Å²) >= 11 is 0. The summed E-state index contributed by atoms with van der Waals surface area (Å²) in [5.74, 6) is 1.34. The van der Waals surface area contributed by atoms with E-state index in [4.69, 9.17) is 4.74 Å². The van der Waals surface area contributed by atoms with Gasteiger partial charge in [-0.3, -0.25) is 0 Å². The van der Waals surface area contributed by atoms with Crippen LogP contribution in [0.2, 0.25) is 0 Å². The van der Waals surface area contributed by atoms with Crippen molar-refractivity contribution in [1.82, 2.24) is 24.5 Å². The van der Waals surface area contributed by atoms with Gasteiger partial charge in [0.2, 0.25) is 5.88 Å². The smallest absolute Gasteiger partial charge is 0.322 e. The third-order valence-corrected chi connectivity index (χ3v) is 4.40. The van der Waals surface area contributed by atoms with Crippen molar-refractivity contribution in [2.45, 2.75) is 0 Å². The molecule has 0 saturated carbocycles. The molecule has 3 aromatic rings. The molecule has 0 atom stereocenters. The van der Waals surface area contributed by atoms with Gasteiger partial charge < -0.3 is 19.9 Å². The van der Waals surface area contributed by atoms with Gasteiger partial charge in [-0.2, -0.15) is 5.10 Å². The van der Waals surface area contributed by atoms with Gasteiger partial charge in [0.05, 0.1) is 24.5 Å². The first kappa shape index (κ1) is 16.1. The van der Waals surface area contributed by atoms with Crippen LogP contribution >= 0.6 is 0 Å². The molecule has 1 aliphatic heterocycles. The maximum absolute atomic E-state index is 12.6. The maximum atomic E-state index is 12.6. The molecule has 1 N–H and O–H groups in total. The summed E-state index contributed by atoms with van der Waals surface area (Å²) < 4.78 is 6.87. The summed E-state index contributed by atoms with van der Waals surface area (Å²) in [7, 11) is 1.58. The number of hydrogen-bond donors (Lipinski definition) is 1. The minimum absolute atomic E-state index is 0.122. The molecule has 26 heavy (non-hydrogen) atoms. The van der Waals surface area contributed by atoms with Crippen molar-refractivity contribution in [3.63, 3.8) is 0 Å². The van der Waals surface area contributed by atoms with Crippen LogP contribution < -0.4 is 15.0 Å². The highest BCUT2D eigenvalue weighted by Crippen LogP contribution is 2.19. The molecule has 1 fully saturated rings. The summed E-state index contributed by atoms with van der Waals surface area (Å²) in [4.78, 5) is 24.8. The maximum Gasteiger partial charge on any atom is 0.322 e. The van der Waals surface area contributed by atoms with Crippen LogP contribution in [0.15, 0.2) is 43.0 Å². The van der Waals surface area contributed by atoms with Gasteiger partial charge in [-0.1, -0.05) is 6.07 Å². The van der Waals surface area contributed by atoms with Crippen molar-refractivity contribution in [3.05, 3.63) is 43.0 Å². The Morgan fingerprint density at radius 1 is 1.19 bits per heavy atom. The molecule has 1 aliphatic rings. The van der Waals surface area contributed by atoms with Crippen LogP contribution in [-0.2, 0) is 0 Å². The van der Waals surface area contributed by atoms with E-state index < -0.39 is 0 Å². The predicted molar refractivity (Wildman–Crippen MR) is 96.6 cm³/mol. The highest BCUT2D eigenvalue weighted by Gasteiger charge is 2.23. The number of aromatic nitrogens is 4. The molecule has 0 unspecified atom stereocenters. The molecule has 0 spiro atoms. The van der Waals surface area contributed by atoms with Crippen molar-refractivity contribution in [2.24, 2.45) is 0 Å². The number of methoxy groups -OCH3 is 1. The Hall–Kier alpha value is -3.36. The van der Waals surface area contributed by atoms with Gasteiger partial charge in [0.15, 0.2) is 0 Å². The Labute approximate surface area is 150 Å². The van der Waals surface area contributed by atoms with Gasteiger partial charge in [-0.15, -0.1) is 0 Å². The lowest BCUT2D eigenvalue weighted by atomic mass is 10.3. The molecule has 2 amide bonds. The number of hydrogen-bond acceptors (Lipinski definition) is 6. The average Bonchev–Trinajstić information content (AvgIpc) is 3.11. The number of ether oxygens (including phenoxy) is 1. The number of urea groups is 1. The normalized spacial score (nSPS) is 14.5. The molecule has 0 aliphatic carbocycles. The van der Waals surface area contributed by atoms with Crippen LogP contribution in [0, 0.1) is 0 Å². The van der Waals surface area contributed by atoms with E-state index in [-0.39, 0.29) is 6.03 Å². The molecule has 4 rings (SSSR count). The first-order valence-corrected chi connectivity index (χ1v) is 8.34. The lowest BCUT2D eigenvalue weighted by Crippen LogP contribution is -2.50. The van der Waals surface area contributed by atoms with Crippen molar-refractivity contribution in [1.29, 1.82) is 0 Å². The second-order valence-electron chi connectivity index (χ2n) is 5.91. The number of piperazine rings is 1. The van der Waals surface area contributed by atoms with Gasteiger partial charge in [0.25, 0.3) is 0 Å². The second-order valence-corrected chi connectivity index (χ2v) is 5.91. The van der Waals surface area contributed by atoms with Crippen LogP contribution in [0.1, 0.15) is 0 Å². The molecule has 3 aromatic heterocycles. The lowest BCUT2D eigenvalue weighted by molar-refractivity contribution is 0.208. The molecule has 9 nitrogen and oxygen atoms in total. The molecule has 0 bridgehead atoms. The zero-order valence-corrected chi connectivity index (χ0v) is 14.4. The third kappa shape index (κ3) is 3.10. The van der Waals surface area contributed by atoms with Crippen LogP contribution in [0.3, 0.4) is 0 Å². The SMILES string of the molecule is COc1cc(N2CCN(C(=O)Nc3cnn4ccccc34)CC2)ncn1. The van der Waals surface area contributed by atoms with Gasteiger partial charge in [0, 0.05) is 38.4 Å². The largest absolute Gasteiger partial charge is 0.481 e. The fourth-order valence-electron chi connectivity index (χ4n) is 2.98. The number of carbonyl (C=O) groups is 1. The predicted octanol–water partition coefficient (Wildman–Crippen LogP) is 1.49. The molecule has 0 aromatic carbocycles. The Bertz CT molecular complexity index is 918. The Morgan fingerprint density at radius 3 is 2.85 bits per heavy atom. The number of anilines is 2. The zero-order valence-electron chi connectivity index (χ0n) is 14.4. The van der Waals surface area contributed by atoms with Crippen LogP contribution in [0.25, 0.3) is 5.52 Å². The number of amides is 2. The minimum Gasteiger partial charge on any atom is -0.481 e. The molecule has 0 radical (unpaired) electrons. The zero-order chi connectivity index (χ0) is 17.9. The molecule has 134 valence electrons. The van der Waals surface area contributed by atoms with E-state index in [1.165, 1.54) is 6.33 Å². The number of fused-ring (bicyclic) bond motifs is 1. The molecule has 1 saturated heterocycles. The summed E-state index contributed by atoms with van der Waals surface area (Å²) in [5, 5.41) is 7.18. The number of carbonyl (C=O) groups excluding carboxylic acids is 1. The lowest BCUT2D eigenvalue weighted by Gasteiger charge is -2.35. The standard InChI is InChI=1S/C17H19N7O2/c1-26-16-10-15(18-12-19-16)22-6-8-23(9-7-22)17(25)21-13-11-20-24-5-3-2-4-14(13)24/h2-5,10-12H,6-9H2,1H3,(H,21,25). The van der Waals surface area contributed by atoms with Crippen LogP contribution in [0.5, 0.6) is 5.88 Å². The van der Waals surface area contributed by atoms with Crippen molar-refractivity contribution < 1.29 is 9.53 Å². The highest BCUT2D eigenvalue weighted by atomic mass is 16.5. The molecule has 4 heterocycles. The Balaban J connectivity index is 1.39. The number of nitrogens with one attached hydrogen (secondary N) is 1. The Kier molecular flexibility index (Phi) is 4.26. The van der Waals surface area contributed by atoms with Crippen molar-refractivity contribution in [3.8, 4) is 5.88 Å². The summed E-state index contributed by atoms with van der Waals surface area (Å²) in [5.41, 5.74) is 1.58. The van der Waals surface area contributed by atoms with Gasteiger partial charge in [-0.25, -0.2) is 19.3 Å². The topological polar surface area (TPSA) is 87.9 Å². The van der Waals surface area contributed by atoms with E-state index in [0.29, 0.717) is 37.7 Å². The van der Waals surface area contributed by atoms with E-state index in [0.717, 1.165) is 11.3 Å². The highest BCUT2D eigenvalue weighted by molar-refractivity contribution is 5.94. The van der Waals surface area contributed by atoms with Crippen molar-refractivity contribution in [2.75, 3.05) is 43.5 Å². The quantitative estimate of drug-likeness (QED) is 0.767. The monoisotopic (exact) mass is 353 g/mol. The number of nitrogens with zero attached hydrogens (tertiary/aromatic N) is 6. The first-order chi connectivity index (χ1) is 12.7.